The van der Waals surface area contributed by atoms with Gasteiger partial charge >= 0.3 is 0 Å². The first-order valence-electron chi connectivity index (χ1n) is 5.71. The Bertz CT molecular complexity index is 154. The maximum atomic E-state index is 5.59. The molecule has 0 unspecified atom stereocenters. The topological polar surface area (TPSA) is 21.3 Å². The summed E-state index contributed by atoms with van der Waals surface area (Å²) in [5.74, 6) is 0.876. The molecule has 1 saturated carbocycles. The van der Waals surface area contributed by atoms with Crippen LogP contribution in [0.4, 0.5) is 0 Å². The van der Waals surface area contributed by atoms with Crippen LogP contribution in [-0.2, 0) is 4.74 Å². The first-order valence-corrected chi connectivity index (χ1v) is 5.71. The van der Waals surface area contributed by atoms with Gasteiger partial charge in [0.2, 0.25) is 0 Å². The number of hydrogen-bond acceptors (Lipinski definition) is 2. The summed E-state index contributed by atoms with van der Waals surface area (Å²) in [5.41, 5.74) is 0. The Labute approximate surface area is 81.0 Å². The predicted octanol–water partition coefficient (Wildman–Crippen LogP) is 1.94. The monoisotopic (exact) mass is 183 g/mol. The van der Waals surface area contributed by atoms with Gasteiger partial charge < -0.3 is 10.1 Å². The molecule has 1 N–H and O–H groups in total. The van der Waals surface area contributed by atoms with Crippen molar-refractivity contribution in [3.8, 4) is 0 Å². The number of nitrogens with one attached hydrogen (secondary N) is 1. The summed E-state index contributed by atoms with van der Waals surface area (Å²) in [5, 5.41) is 3.65. The van der Waals surface area contributed by atoms with Crippen LogP contribution in [0.25, 0.3) is 0 Å². The van der Waals surface area contributed by atoms with Crippen LogP contribution in [0.15, 0.2) is 0 Å². The molecule has 3 atom stereocenters. The molecule has 2 heteroatoms. The molecule has 1 heterocycles. The summed E-state index contributed by atoms with van der Waals surface area (Å²) in [6.07, 6.45) is 7.20. The van der Waals surface area contributed by atoms with Gasteiger partial charge in [0.25, 0.3) is 0 Å². The van der Waals surface area contributed by atoms with Crippen molar-refractivity contribution in [2.75, 3.05) is 13.2 Å². The van der Waals surface area contributed by atoms with E-state index < -0.39 is 0 Å². The maximum Gasteiger partial charge on any atom is 0.0700 e. The Morgan fingerprint density at radius 1 is 1.23 bits per heavy atom. The normalized spacial score (nSPS) is 39.9. The molecular weight excluding hydrogens is 162 g/mol. The second kappa shape index (κ2) is 4.43. The van der Waals surface area contributed by atoms with Crippen molar-refractivity contribution in [1.29, 1.82) is 0 Å². The summed E-state index contributed by atoms with van der Waals surface area (Å²) in [4.78, 5) is 0. The molecule has 1 saturated heterocycles. The van der Waals surface area contributed by atoms with Crippen molar-refractivity contribution < 1.29 is 4.74 Å². The van der Waals surface area contributed by atoms with Gasteiger partial charge in [-0.3, -0.25) is 0 Å². The van der Waals surface area contributed by atoms with E-state index in [1.54, 1.807) is 0 Å². The van der Waals surface area contributed by atoms with Crippen LogP contribution < -0.4 is 5.32 Å². The highest BCUT2D eigenvalue weighted by Gasteiger charge is 2.24. The Balaban J connectivity index is 1.66. The first kappa shape index (κ1) is 9.47. The lowest BCUT2D eigenvalue weighted by Gasteiger charge is -2.19. The molecule has 0 aromatic rings. The molecule has 1 aliphatic carbocycles. The summed E-state index contributed by atoms with van der Waals surface area (Å²) in [6, 6.07) is 0.768. The van der Waals surface area contributed by atoms with Gasteiger partial charge in [0.15, 0.2) is 0 Å². The smallest absolute Gasteiger partial charge is 0.0700 e. The molecule has 1 aliphatic heterocycles. The van der Waals surface area contributed by atoms with E-state index in [0.29, 0.717) is 6.10 Å². The molecule has 2 fully saturated rings. The van der Waals surface area contributed by atoms with Crippen molar-refractivity contribution in [2.45, 2.75) is 51.2 Å². The van der Waals surface area contributed by atoms with Gasteiger partial charge in [0, 0.05) is 19.2 Å². The molecule has 13 heavy (non-hydrogen) atoms. The van der Waals surface area contributed by atoms with E-state index in [1.807, 2.05) is 0 Å². The second-order valence-electron chi connectivity index (χ2n) is 4.56. The van der Waals surface area contributed by atoms with Gasteiger partial charge in [-0.25, -0.2) is 0 Å². The molecule has 0 aromatic carbocycles. The quantitative estimate of drug-likeness (QED) is 0.722. The fraction of sp³-hybridized carbons (Fsp3) is 1.00. The molecule has 0 bridgehead atoms. The fourth-order valence-corrected chi connectivity index (χ4v) is 2.54. The van der Waals surface area contributed by atoms with E-state index in [2.05, 4.69) is 12.2 Å². The molecular formula is C11H21NO. The second-order valence-corrected chi connectivity index (χ2v) is 4.56. The average Bonchev–Trinajstić information content (AvgIpc) is 2.72. The van der Waals surface area contributed by atoms with E-state index in [0.717, 1.165) is 25.1 Å². The molecule has 0 spiro atoms. The Morgan fingerprint density at radius 2 is 2.15 bits per heavy atom. The van der Waals surface area contributed by atoms with Gasteiger partial charge in [0.1, 0.15) is 0 Å². The molecule has 2 nitrogen and oxygen atoms in total. The first-order chi connectivity index (χ1) is 6.36. The van der Waals surface area contributed by atoms with Gasteiger partial charge in [-0.15, -0.1) is 0 Å². The van der Waals surface area contributed by atoms with Crippen LogP contribution in [0, 0.1) is 5.92 Å². The molecule has 2 rings (SSSR count). The predicted molar refractivity (Wildman–Crippen MR) is 53.8 cm³/mol. The van der Waals surface area contributed by atoms with Crippen molar-refractivity contribution in [2.24, 2.45) is 5.92 Å². The standard InChI is InChI=1S/C11H21NO/c1-9-4-2-6-11(9)12-8-10-5-3-7-13-10/h9-12H,2-8H2,1H3/t9-,10-,11+/m0/s1. The zero-order valence-corrected chi connectivity index (χ0v) is 8.59. The van der Waals surface area contributed by atoms with E-state index in [4.69, 9.17) is 4.74 Å². The van der Waals surface area contributed by atoms with Gasteiger partial charge in [0.05, 0.1) is 6.10 Å². The lowest BCUT2D eigenvalue weighted by molar-refractivity contribution is 0.106. The zero-order valence-electron chi connectivity index (χ0n) is 8.59. The summed E-state index contributed by atoms with van der Waals surface area (Å²) < 4.78 is 5.59. The molecule has 76 valence electrons. The number of rotatable bonds is 3. The molecule has 0 amide bonds. The average molecular weight is 183 g/mol. The van der Waals surface area contributed by atoms with Gasteiger partial charge in [-0.05, 0) is 31.6 Å². The minimum atomic E-state index is 0.507. The van der Waals surface area contributed by atoms with E-state index in [9.17, 15) is 0 Å². The SMILES string of the molecule is C[C@H]1CCC[C@H]1NC[C@@H]1CCCO1. The van der Waals surface area contributed by atoms with Crippen LogP contribution in [0.3, 0.4) is 0 Å². The minimum Gasteiger partial charge on any atom is -0.377 e. The van der Waals surface area contributed by atoms with E-state index in [-0.39, 0.29) is 0 Å². The number of hydrogen-bond donors (Lipinski definition) is 1. The third kappa shape index (κ3) is 2.44. The summed E-state index contributed by atoms with van der Waals surface area (Å²) in [7, 11) is 0. The summed E-state index contributed by atoms with van der Waals surface area (Å²) >= 11 is 0. The summed E-state index contributed by atoms with van der Waals surface area (Å²) in [6.45, 7) is 4.42. The Hall–Kier alpha value is -0.0800. The van der Waals surface area contributed by atoms with E-state index in [1.165, 1.54) is 32.1 Å². The molecule has 0 aromatic heterocycles. The van der Waals surface area contributed by atoms with Crippen molar-refractivity contribution in [3.05, 3.63) is 0 Å². The van der Waals surface area contributed by atoms with Crippen LogP contribution in [0.1, 0.15) is 39.0 Å². The van der Waals surface area contributed by atoms with Crippen molar-refractivity contribution in [3.63, 3.8) is 0 Å². The highest BCUT2D eigenvalue weighted by molar-refractivity contribution is 4.81. The van der Waals surface area contributed by atoms with E-state index >= 15 is 0 Å². The highest BCUT2D eigenvalue weighted by atomic mass is 16.5. The Morgan fingerprint density at radius 3 is 2.77 bits per heavy atom. The van der Waals surface area contributed by atoms with Crippen LogP contribution in [0.5, 0.6) is 0 Å². The fourth-order valence-electron chi connectivity index (χ4n) is 2.54. The van der Waals surface area contributed by atoms with Gasteiger partial charge in [-0.2, -0.15) is 0 Å². The largest absolute Gasteiger partial charge is 0.377 e. The van der Waals surface area contributed by atoms with Crippen molar-refractivity contribution >= 4 is 0 Å². The lowest BCUT2D eigenvalue weighted by Crippen LogP contribution is -2.36. The molecule has 0 radical (unpaired) electrons. The minimum absolute atomic E-state index is 0.507. The third-order valence-corrected chi connectivity index (χ3v) is 3.49. The third-order valence-electron chi connectivity index (χ3n) is 3.49. The zero-order chi connectivity index (χ0) is 9.10. The Kier molecular flexibility index (Phi) is 3.23. The van der Waals surface area contributed by atoms with Crippen LogP contribution in [-0.4, -0.2) is 25.3 Å². The highest BCUT2D eigenvalue weighted by Crippen LogP contribution is 2.25. The van der Waals surface area contributed by atoms with Crippen molar-refractivity contribution in [1.82, 2.24) is 5.32 Å². The van der Waals surface area contributed by atoms with Crippen LogP contribution >= 0.6 is 0 Å². The van der Waals surface area contributed by atoms with Gasteiger partial charge in [-0.1, -0.05) is 13.3 Å². The molecule has 2 aliphatic rings. The lowest BCUT2D eigenvalue weighted by atomic mass is 10.1. The maximum absolute atomic E-state index is 5.59. The number of ether oxygens (including phenoxy) is 1. The van der Waals surface area contributed by atoms with Crippen LogP contribution in [0.2, 0.25) is 0 Å².